The molecule has 208 valence electrons. The maximum atomic E-state index is 13.5. The van der Waals surface area contributed by atoms with Crippen LogP contribution in [0.3, 0.4) is 0 Å². The molecule has 1 aromatic carbocycles. The monoisotopic (exact) mass is 540 g/mol. The number of nitro benzene ring substituents is 1. The zero-order valence-electron chi connectivity index (χ0n) is 22.1. The van der Waals surface area contributed by atoms with Gasteiger partial charge in [0.2, 0.25) is 5.95 Å². The third kappa shape index (κ3) is 5.70. The number of rotatable bonds is 8. The number of nitrogens with zero attached hydrogens (tertiary/aromatic N) is 6. The summed E-state index contributed by atoms with van der Waals surface area (Å²) in [6.45, 7) is 6.77. The van der Waals surface area contributed by atoms with Crippen molar-refractivity contribution < 1.29 is 28.7 Å². The summed E-state index contributed by atoms with van der Waals surface area (Å²) >= 11 is 0. The Morgan fingerprint density at radius 1 is 1.08 bits per heavy atom. The number of anilines is 2. The molecule has 0 bridgehead atoms. The SMILES string of the molecule is COCCOC(=O)C1C(C)=Nc2nc(N3CCOCC3)nc(N3CCOCC3)c2C1c1cccc([N+](=O)[O-])c1. The molecule has 2 unspecified atom stereocenters. The lowest BCUT2D eigenvalue weighted by molar-refractivity contribution is -0.384. The van der Waals surface area contributed by atoms with Crippen LogP contribution >= 0.6 is 0 Å². The summed E-state index contributed by atoms with van der Waals surface area (Å²) in [4.78, 5) is 43.6. The van der Waals surface area contributed by atoms with Crippen LogP contribution in [-0.2, 0) is 23.7 Å². The van der Waals surface area contributed by atoms with Crippen LogP contribution in [0, 0.1) is 16.0 Å². The van der Waals surface area contributed by atoms with Crippen molar-refractivity contribution in [3.63, 3.8) is 0 Å². The number of nitro groups is 1. The number of aromatic nitrogens is 2. The van der Waals surface area contributed by atoms with E-state index >= 15 is 0 Å². The van der Waals surface area contributed by atoms with Gasteiger partial charge in [-0.15, -0.1) is 0 Å². The van der Waals surface area contributed by atoms with Gasteiger partial charge in [-0.3, -0.25) is 14.9 Å². The van der Waals surface area contributed by atoms with Crippen LogP contribution in [0.2, 0.25) is 0 Å². The van der Waals surface area contributed by atoms with E-state index in [2.05, 4.69) is 9.80 Å². The molecule has 4 heterocycles. The zero-order chi connectivity index (χ0) is 27.4. The van der Waals surface area contributed by atoms with Crippen molar-refractivity contribution in [3.8, 4) is 0 Å². The van der Waals surface area contributed by atoms with Crippen molar-refractivity contribution in [1.29, 1.82) is 0 Å². The van der Waals surface area contributed by atoms with E-state index in [0.717, 1.165) is 0 Å². The number of benzene rings is 1. The summed E-state index contributed by atoms with van der Waals surface area (Å²) in [5.74, 6) is -0.331. The Hall–Kier alpha value is -3.68. The molecule has 2 fully saturated rings. The topological polar surface area (TPSA) is 142 Å². The van der Waals surface area contributed by atoms with E-state index in [1.165, 1.54) is 19.2 Å². The zero-order valence-corrected chi connectivity index (χ0v) is 22.1. The number of ether oxygens (including phenoxy) is 4. The predicted octanol–water partition coefficient (Wildman–Crippen LogP) is 2.10. The van der Waals surface area contributed by atoms with Crippen molar-refractivity contribution in [3.05, 3.63) is 45.5 Å². The minimum atomic E-state index is -0.825. The Balaban J connectivity index is 1.69. The molecule has 13 heteroatoms. The van der Waals surface area contributed by atoms with Gasteiger partial charge in [-0.1, -0.05) is 12.1 Å². The van der Waals surface area contributed by atoms with Crippen LogP contribution in [0.25, 0.3) is 0 Å². The minimum Gasteiger partial charge on any atom is -0.463 e. The van der Waals surface area contributed by atoms with E-state index in [-0.39, 0.29) is 18.9 Å². The standard InChI is InChI=1S/C26H32N6O7/c1-17-20(25(33)39-15-14-36-2)21(18-4-3-5-19(16-18)32(34)35)22-23(27-17)28-26(31-8-12-38-13-9-31)29-24(22)30-6-10-37-11-7-30/h3-5,16,20-21H,6-15H2,1-2H3. The second-order valence-electron chi connectivity index (χ2n) is 9.50. The fraction of sp³-hybridized carbons (Fsp3) is 0.538. The van der Waals surface area contributed by atoms with Gasteiger partial charge >= 0.3 is 5.97 Å². The maximum Gasteiger partial charge on any atom is 0.315 e. The fourth-order valence-corrected chi connectivity index (χ4v) is 5.18. The smallest absolute Gasteiger partial charge is 0.315 e. The van der Waals surface area contributed by atoms with E-state index in [0.29, 0.717) is 87.0 Å². The lowest BCUT2D eigenvalue weighted by atomic mass is 9.76. The highest BCUT2D eigenvalue weighted by molar-refractivity contribution is 6.05. The van der Waals surface area contributed by atoms with Crippen LogP contribution in [0.15, 0.2) is 29.3 Å². The van der Waals surface area contributed by atoms with Crippen LogP contribution in [0.5, 0.6) is 0 Å². The van der Waals surface area contributed by atoms with Crippen molar-refractivity contribution >= 4 is 35.0 Å². The Morgan fingerprint density at radius 2 is 1.77 bits per heavy atom. The fourth-order valence-electron chi connectivity index (χ4n) is 5.18. The van der Waals surface area contributed by atoms with Gasteiger partial charge in [0.25, 0.3) is 5.69 Å². The van der Waals surface area contributed by atoms with Crippen molar-refractivity contribution in [2.45, 2.75) is 12.8 Å². The highest BCUT2D eigenvalue weighted by atomic mass is 16.6. The van der Waals surface area contributed by atoms with E-state index in [9.17, 15) is 14.9 Å². The number of hydrogen-bond acceptors (Lipinski definition) is 12. The second-order valence-corrected chi connectivity index (χ2v) is 9.50. The van der Waals surface area contributed by atoms with E-state index < -0.39 is 22.7 Å². The summed E-state index contributed by atoms with van der Waals surface area (Å²) in [6.07, 6.45) is 0. The number of morpholine rings is 2. The number of carbonyl (C=O) groups is 1. The Kier molecular flexibility index (Phi) is 8.29. The Bertz CT molecular complexity index is 1240. The first kappa shape index (κ1) is 26.9. The van der Waals surface area contributed by atoms with Gasteiger partial charge in [-0.05, 0) is 12.5 Å². The molecule has 2 saturated heterocycles. The van der Waals surface area contributed by atoms with Gasteiger partial charge in [0.15, 0.2) is 5.82 Å². The Labute approximate surface area is 225 Å². The first-order chi connectivity index (χ1) is 19.0. The van der Waals surface area contributed by atoms with E-state index in [1.807, 2.05) is 0 Å². The second kappa shape index (κ2) is 12.0. The molecule has 0 amide bonds. The molecule has 0 radical (unpaired) electrons. The molecule has 3 aliphatic heterocycles. The molecule has 2 aromatic rings. The molecule has 0 aliphatic carbocycles. The highest BCUT2D eigenvalue weighted by Crippen LogP contribution is 2.47. The van der Waals surface area contributed by atoms with Gasteiger partial charge in [0.1, 0.15) is 18.3 Å². The molecule has 5 rings (SSSR count). The van der Waals surface area contributed by atoms with E-state index in [4.69, 9.17) is 33.9 Å². The number of carbonyl (C=O) groups excluding carboxylic acids is 1. The Morgan fingerprint density at radius 3 is 2.44 bits per heavy atom. The summed E-state index contributed by atoms with van der Waals surface area (Å²) in [5, 5.41) is 11.7. The summed E-state index contributed by atoms with van der Waals surface area (Å²) in [6, 6.07) is 6.34. The van der Waals surface area contributed by atoms with Crippen molar-refractivity contribution in [2.75, 3.05) is 82.7 Å². The quantitative estimate of drug-likeness (QED) is 0.210. The first-order valence-electron chi connectivity index (χ1n) is 13.0. The molecule has 39 heavy (non-hydrogen) atoms. The summed E-state index contributed by atoms with van der Waals surface area (Å²) < 4.78 is 21.7. The number of esters is 1. The molecule has 0 spiro atoms. The van der Waals surface area contributed by atoms with Gasteiger partial charge in [-0.25, -0.2) is 4.99 Å². The van der Waals surface area contributed by atoms with Gasteiger partial charge < -0.3 is 28.7 Å². The van der Waals surface area contributed by atoms with Crippen LogP contribution in [0.1, 0.15) is 24.0 Å². The lowest BCUT2D eigenvalue weighted by Gasteiger charge is -2.37. The van der Waals surface area contributed by atoms with Crippen LogP contribution in [-0.4, -0.2) is 99.5 Å². The minimum absolute atomic E-state index is 0.0699. The van der Waals surface area contributed by atoms with E-state index in [1.54, 1.807) is 19.1 Å². The maximum absolute atomic E-state index is 13.5. The van der Waals surface area contributed by atoms with Crippen LogP contribution < -0.4 is 9.80 Å². The third-order valence-electron chi connectivity index (χ3n) is 7.10. The number of non-ortho nitro benzene ring substituents is 1. The lowest BCUT2D eigenvalue weighted by Crippen LogP contribution is -2.41. The summed E-state index contributed by atoms with van der Waals surface area (Å²) in [7, 11) is 1.53. The van der Waals surface area contributed by atoms with Crippen LogP contribution in [0.4, 0.5) is 23.3 Å². The van der Waals surface area contributed by atoms with Crippen molar-refractivity contribution in [1.82, 2.24) is 9.97 Å². The largest absolute Gasteiger partial charge is 0.463 e. The molecule has 2 atom stereocenters. The normalized spacial score (nSPS) is 21.2. The predicted molar refractivity (Wildman–Crippen MR) is 142 cm³/mol. The average molecular weight is 541 g/mol. The van der Waals surface area contributed by atoms with Crippen molar-refractivity contribution in [2.24, 2.45) is 10.9 Å². The summed E-state index contributed by atoms with van der Waals surface area (Å²) in [5.41, 5.74) is 1.68. The molecule has 1 aromatic heterocycles. The molecule has 13 nitrogen and oxygen atoms in total. The third-order valence-corrected chi connectivity index (χ3v) is 7.10. The number of fused-ring (bicyclic) bond motifs is 1. The molecule has 0 saturated carbocycles. The first-order valence-corrected chi connectivity index (χ1v) is 13.0. The number of hydrogen-bond donors (Lipinski definition) is 0. The molecule has 0 N–H and O–H groups in total. The number of aliphatic imine (C=N–C) groups is 1. The van der Waals surface area contributed by atoms with Gasteiger partial charge in [-0.2, -0.15) is 9.97 Å². The van der Waals surface area contributed by atoms with Gasteiger partial charge in [0, 0.05) is 62.6 Å². The average Bonchev–Trinajstić information content (AvgIpc) is 2.96. The molecular formula is C26H32N6O7. The molecular weight excluding hydrogens is 508 g/mol. The van der Waals surface area contributed by atoms with Gasteiger partial charge in [0.05, 0.1) is 38.0 Å². The molecule has 3 aliphatic rings. The highest BCUT2D eigenvalue weighted by Gasteiger charge is 2.43. The number of methoxy groups -OCH3 is 1.